The van der Waals surface area contributed by atoms with Crippen LogP contribution in [-0.2, 0) is 41.1 Å². The minimum Gasteiger partial charge on any atom is -0.448 e. The molecule has 2 amide bonds. The number of aldehydes is 1. The van der Waals surface area contributed by atoms with Gasteiger partial charge in [-0.1, -0.05) is 91.0 Å². The van der Waals surface area contributed by atoms with Crippen LogP contribution in [-0.4, -0.2) is 50.3 Å². The van der Waals surface area contributed by atoms with Crippen LogP contribution in [0.3, 0.4) is 0 Å². The summed E-state index contributed by atoms with van der Waals surface area (Å²) in [4.78, 5) is 52.2. The number of carbonyl (C=O) groups excluding carboxylic acids is 4. The summed E-state index contributed by atoms with van der Waals surface area (Å²) in [7, 11) is -1.70. The Morgan fingerprint density at radius 3 is 2.05 bits per heavy atom. The molecule has 2 unspecified atom stereocenters. The fourth-order valence-corrected chi connectivity index (χ4v) is 6.25. The number of hydrogen-bond acceptors (Lipinski definition) is 6. The van der Waals surface area contributed by atoms with Crippen LogP contribution < -0.4 is 5.32 Å². The highest BCUT2D eigenvalue weighted by Crippen LogP contribution is 2.36. The molecule has 8 nitrogen and oxygen atoms in total. The van der Waals surface area contributed by atoms with Gasteiger partial charge in [-0.25, -0.2) is 4.79 Å². The third-order valence-corrected chi connectivity index (χ3v) is 8.06. The Morgan fingerprint density at radius 2 is 1.50 bits per heavy atom. The quantitative estimate of drug-likeness (QED) is 0.273. The molecule has 1 fully saturated rings. The van der Waals surface area contributed by atoms with Crippen LogP contribution in [0.4, 0.5) is 0 Å². The van der Waals surface area contributed by atoms with Crippen LogP contribution in [0.1, 0.15) is 22.8 Å². The van der Waals surface area contributed by atoms with Crippen LogP contribution in [0.5, 0.6) is 0 Å². The molecule has 38 heavy (non-hydrogen) atoms. The molecule has 0 spiro atoms. The highest BCUT2D eigenvalue weighted by molar-refractivity contribution is 7.86. The number of nitrogens with zero attached hydrogens (tertiary/aromatic N) is 1. The van der Waals surface area contributed by atoms with E-state index in [1.807, 2.05) is 66.7 Å². The van der Waals surface area contributed by atoms with E-state index in [0.717, 1.165) is 10.5 Å². The van der Waals surface area contributed by atoms with E-state index in [2.05, 4.69) is 5.32 Å². The van der Waals surface area contributed by atoms with Gasteiger partial charge >= 0.3 is 5.97 Å². The van der Waals surface area contributed by atoms with Crippen molar-refractivity contribution in [2.45, 2.75) is 23.9 Å². The third kappa shape index (κ3) is 4.92. The first kappa shape index (κ1) is 25.3. The van der Waals surface area contributed by atoms with Gasteiger partial charge in [-0.3, -0.25) is 23.5 Å². The Bertz CT molecular complexity index is 1390. The van der Waals surface area contributed by atoms with Crippen molar-refractivity contribution in [3.05, 3.63) is 119 Å². The molecule has 2 aliphatic heterocycles. The Morgan fingerprint density at radius 1 is 0.947 bits per heavy atom. The molecule has 2 heterocycles. The average molecular weight is 529 g/mol. The van der Waals surface area contributed by atoms with E-state index in [1.54, 1.807) is 24.3 Å². The number of fused-ring (bicyclic) bond motifs is 1. The summed E-state index contributed by atoms with van der Waals surface area (Å²) in [5.74, 6) is -2.14. The Labute approximate surface area is 221 Å². The zero-order valence-corrected chi connectivity index (χ0v) is 21.0. The summed E-state index contributed by atoms with van der Waals surface area (Å²) >= 11 is 0. The van der Waals surface area contributed by atoms with Crippen molar-refractivity contribution in [3.8, 4) is 0 Å². The van der Waals surface area contributed by atoms with Crippen molar-refractivity contribution < 1.29 is 28.1 Å². The SMILES string of the molecule is O=CC1=C(C(=O)OC(c2ccccc2)c2ccccc2)N2C(=O)C(NC(=O)Cc3ccccc3)[C@@H]2S(=O)C1. The largest absolute Gasteiger partial charge is 0.448 e. The van der Waals surface area contributed by atoms with Gasteiger partial charge in [0, 0.05) is 5.57 Å². The molecular weight excluding hydrogens is 504 g/mol. The summed E-state index contributed by atoms with van der Waals surface area (Å²) in [6, 6.07) is 26.1. The number of carbonyl (C=O) groups is 4. The smallest absolute Gasteiger partial charge is 0.356 e. The average Bonchev–Trinajstić information content (AvgIpc) is 2.95. The maximum absolute atomic E-state index is 13.5. The lowest BCUT2D eigenvalue weighted by Crippen LogP contribution is -2.73. The van der Waals surface area contributed by atoms with E-state index in [-0.39, 0.29) is 23.4 Å². The summed E-state index contributed by atoms with van der Waals surface area (Å²) < 4.78 is 18.9. The van der Waals surface area contributed by atoms with Gasteiger partial charge in [0.25, 0.3) is 5.91 Å². The normalized spacial score (nSPS) is 20.4. The van der Waals surface area contributed by atoms with E-state index in [4.69, 9.17) is 4.74 Å². The van der Waals surface area contributed by atoms with Crippen LogP contribution in [0.2, 0.25) is 0 Å². The van der Waals surface area contributed by atoms with Crippen LogP contribution in [0, 0.1) is 0 Å². The molecule has 3 aromatic rings. The highest BCUT2D eigenvalue weighted by atomic mass is 32.2. The molecule has 0 aliphatic carbocycles. The molecule has 3 aromatic carbocycles. The number of ether oxygens (including phenoxy) is 1. The monoisotopic (exact) mass is 528 g/mol. The lowest BCUT2D eigenvalue weighted by molar-refractivity contribution is -0.155. The van der Waals surface area contributed by atoms with Crippen LogP contribution >= 0.6 is 0 Å². The molecule has 0 radical (unpaired) electrons. The van der Waals surface area contributed by atoms with Gasteiger partial charge in [0.15, 0.2) is 6.10 Å². The topological polar surface area (TPSA) is 110 Å². The predicted octanol–water partition coefficient (Wildman–Crippen LogP) is 2.43. The van der Waals surface area contributed by atoms with Crippen molar-refractivity contribution in [1.29, 1.82) is 0 Å². The molecular formula is C29H24N2O6S. The number of amides is 2. The molecule has 0 bridgehead atoms. The highest BCUT2D eigenvalue weighted by Gasteiger charge is 2.57. The van der Waals surface area contributed by atoms with E-state index in [1.165, 1.54) is 0 Å². The second-order valence-electron chi connectivity index (χ2n) is 8.93. The number of rotatable bonds is 8. The van der Waals surface area contributed by atoms with Gasteiger partial charge in [0.05, 0.1) is 23.0 Å². The van der Waals surface area contributed by atoms with Crippen LogP contribution in [0.25, 0.3) is 0 Å². The summed E-state index contributed by atoms with van der Waals surface area (Å²) in [6.45, 7) is 0. The van der Waals surface area contributed by atoms with Crippen molar-refractivity contribution in [1.82, 2.24) is 10.2 Å². The molecule has 3 atom stereocenters. The van der Waals surface area contributed by atoms with E-state index >= 15 is 0 Å². The second kappa shape index (κ2) is 10.9. The lowest BCUT2D eigenvalue weighted by atomic mass is 10.0. The van der Waals surface area contributed by atoms with E-state index in [9.17, 15) is 23.4 Å². The molecule has 1 N–H and O–H groups in total. The number of esters is 1. The third-order valence-electron chi connectivity index (χ3n) is 6.44. The van der Waals surface area contributed by atoms with Gasteiger partial charge in [-0.2, -0.15) is 0 Å². The maximum atomic E-state index is 13.5. The van der Waals surface area contributed by atoms with Crippen molar-refractivity contribution in [2.75, 3.05) is 5.75 Å². The summed E-state index contributed by atoms with van der Waals surface area (Å²) in [5, 5.41) is 1.67. The molecule has 5 rings (SSSR count). The molecule has 192 valence electrons. The van der Waals surface area contributed by atoms with Crippen LogP contribution in [0.15, 0.2) is 102 Å². The zero-order chi connectivity index (χ0) is 26.6. The molecule has 0 saturated carbocycles. The number of β-lactam (4-membered cyclic amide) rings is 1. The van der Waals surface area contributed by atoms with Crippen molar-refractivity contribution in [2.24, 2.45) is 0 Å². The lowest BCUT2D eigenvalue weighted by Gasteiger charge is -2.48. The fourth-order valence-electron chi connectivity index (χ4n) is 4.64. The summed E-state index contributed by atoms with van der Waals surface area (Å²) in [5.41, 5.74) is 1.86. The minimum atomic E-state index is -1.70. The Balaban J connectivity index is 1.39. The number of nitrogens with one attached hydrogen (secondary N) is 1. The standard InChI is InChI=1S/C29H24N2O6S/c32-17-22-18-38(36)28-24(30-23(33)16-19-10-4-1-5-11-19)27(34)31(28)25(22)29(35)37-26(20-12-6-2-7-13-20)21-14-8-3-9-15-21/h1-15,17,24,26,28H,16,18H2,(H,30,33)/t24?,28-,38?/m0/s1. The zero-order valence-electron chi connectivity index (χ0n) is 20.2. The molecule has 0 aromatic heterocycles. The van der Waals surface area contributed by atoms with Gasteiger partial charge in [-0.05, 0) is 16.7 Å². The number of hydrogen-bond donors (Lipinski definition) is 1. The summed E-state index contributed by atoms with van der Waals surface area (Å²) in [6.07, 6.45) is -0.322. The predicted molar refractivity (Wildman–Crippen MR) is 140 cm³/mol. The molecule has 9 heteroatoms. The van der Waals surface area contributed by atoms with E-state index < -0.39 is 46.1 Å². The maximum Gasteiger partial charge on any atom is 0.356 e. The molecule has 1 saturated heterocycles. The van der Waals surface area contributed by atoms with Crippen molar-refractivity contribution in [3.63, 3.8) is 0 Å². The van der Waals surface area contributed by atoms with E-state index in [0.29, 0.717) is 17.4 Å². The second-order valence-corrected chi connectivity index (χ2v) is 10.5. The minimum absolute atomic E-state index is 0.0458. The first-order valence-corrected chi connectivity index (χ1v) is 13.4. The van der Waals surface area contributed by atoms with Gasteiger partial charge in [0.1, 0.15) is 23.4 Å². The number of benzene rings is 3. The fraction of sp³-hybridized carbons (Fsp3) is 0.172. The molecule has 2 aliphatic rings. The van der Waals surface area contributed by atoms with Gasteiger partial charge in [0.2, 0.25) is 5.91 Å². The van der Waals surface area contributed by atoms with Gasteiger partial charge < -0.3 is 10.1 Å². The van der Waals surface area contributed by atoms with Crippen molar-refractivity contribution >= 4 is 34.9 Å². The Hall–Kier alpha value is -4.37. The first-order chi connectivity index (χ1) is 18.5. The van der Waals surface area contributed by atoms with Gasteiger partial charge in [-0.15, -0.1) is 0 Å². The first-order valence-electron chi connectivity index (χ1n) is 12.0. The Kier molecular flexibility index (Phi) is 7.28.